The molecule has 1 aliphatic rings. The third kappa shape index (κ3) is 4.19. The summed E-state index contributed by atoms with van der Waals surface area (Å²) in [6, 6.07) is 12.2. The number of ether oxygens (including phenoxy) is 1. The average molecular weight is 407 g/mol. The molecule has 1 fully saturated rings. The zero-order valence-corrected chi connectivity index (χ0v) is 15.6. The molecule has 25 heavy (non-hydrogen) atoms. The smallest absolute Gasteiger partial charge is 0.256 e. The van der Waals surface area contributed by atoms with E-state index in [4.69, 9.17) is 4.74 Å². The zero-order valence-electron chi connectivity index (χ0n) is 14.0. The second-order valence-electron chi connectivity index (χ2n) is 6.02. The highest BCUT2D eigenvalue weighted by atomic mass is 79.9. The van der Waals surface area contributed by atoms with Gasteiger partial charge < -0.3 is 9.64 Å². The summed E-state index contributed by atoms with van der Waals surface area (Å²) in [6.45, 7) is 3.55. The van der Waals surface area contributed by atoms with Crippen molar-refractivity contribution in [3.8, 4) is 5.75 Å². The van der Waals surface area contributed by atoms with Crippen LogP contribution in [0, 0.1) is 5.82 Å². The predicted octanol–water partition coefficient (Wildman–Crippen LogP) is 3.55. The molecule has 0 atom stereocenters. The Labute approximate surface area is 155 Å². The van der Waals surface area contributed by atoms with Gasteiger partial charge in [0.25, 0.3) is 5.91 Å². The van der Waals surface area contributed by atoms with Crippen molar-refractivity contribution in [2.45, 2.75) is 6.54 Å². The minimum absolute atomic E-state index is 0.148. The molecule has 132 valence electrons. The fourth-order valence-electron chi connectivity index (χ4n) is 2.98. The molecule has 4 nitrogen and oxygen atoms in total. The molecule has 1 amide bonds. The molecule has 1 aliphatic heterocycles. The predicted molar refractivity (Wildman–Crippen MR) is 98.3 cm³/mol. The van der Waals surface area contributed by atoms with Crippen molar-refractivity contribution in [2.24, 2.45) is 0 Å². The first kappa shape index (κ1) is 17.9. The Morgan fingerprint density at radius 2 is 1.88 bits per heavy atom. The van der Waals surface area contributed by atoms with Crippen LogP contribution in [0.4, 0.5) is 4.39 Å². The summed E-state index contributed by atoms with van der Waals surface area (Å²) in [6.07, 6.45) is 0. The largest absolute Gasteiger partial charge is 0.496 e. The number of carbonyl (C=O) groups is 1. The van der Waals surface area contributed by atoms with Crippen molar-refractivity contribution in [2.75, 3.05) is 33.3 Å². The molecule has 0 aromatic heterocycles. The third-order valence-electron chi connectivity index (χ3n) is 4.39. The van der Waals surface area contributed by atoms with E-state index >= 15 is 0 Å². The zero-order chi connectivity index (χ0) is 17.8. The van der Waals surface area contributed by atoms with E-state index in [1.54, 1.807) is 30.2 Å². The fourth-order valence-corrected chi connectivity index (χ4v) is 3.57. The lowest BCUT2D eigenvalue weighted by atomic mass is 10.1. The summed E-state index contributed by atoms with van der Waals surface area (Å²) < 4.78 is 20.0. The van der Waals surface area contributed by atoms with E-state index in [0.29, 0.717) is 13.1 Å². The minimum Gasteiger partial charge on any atom is -0.496 e. The van der Waals surface area contributed by atoms with E-state index in [0.717, 1.165) is 29.9 Å². The maximum atomic E-state index is 13.8. The Balaban J connectivity index is 1.58. The number of carbonyl (C=O) groups excluding carboxylic acids is 1. The summed E-state index contributed by atoms with van der Waals surface area (Å²) in [5.74, 6) is 0.118. The number of benzene rings is 2. The van der Waals surface area contributed by atoms with Gasteiger partial charge in [-0.3, -0.25) is 9.69 Å². The van der Waals surface area contributed by atoms with Crippen molar-refractivity contribution in [1.82, 2.24) is 9.80 Å². The molecule has 1 saturated heterocycles. The maximum absolute atomic E-state index is 13.8. The molecule has 0 spiro atoms. The van der Waals surface area contributed by atoms with Crippen LogP contribution in [0.3, 0.4) is 0 Å². The van der Waals surface area contributed by atoms with Gasteiger partial charge in [0.2, 0.25) is 0 Å². The lowest BCUT2D eigenvalue weighted by Gasteiger charge is -2.34. The van der Waals surface area contributed by atoms with E-state index in [1.165, 1.54) is 11.6 Å². The van der Waals surface area contributed by atoms with Crippen LogP contribution in [-0.2, 0) is 6.54 Å². The van der Waals surface area contributed by atoms with Gasteiger partial charge in [-0.2, -0.15) is 0 Å². The van der Waals surface area contributed by atoms with Crippen LogP contribution < -0.4 is 4.74 Å². The second-order valence-corrected chi connectivity index (χ2v) is 6.87. The molecule has 0 saturated carbocycles. The Morgan fingerprint density at radius 3 is 2.52 bits per heavy atom. The van der Waals surface area contributed by atoms with E-state index < -0.39 is 5.82 Å². The van der Waals surface area contributed by atoms with Crippen molar-refractivity contribution in [1.29, 1.82) is 0 Å². The van der Waals surface area contributed by atoms with Crippen LogP contribution in [-0.4, -0.2) is 49.0 Å². The van der Waals surface area contributed by atoms with E-state index in [2.05, 4.69) is 26.9 Å². The number of halogens is 2. The number of nitrogens with zero attached hydrogens (tertiary/aromatic N) is 2. The molecule has 0 bridgehead atoms. The minimum atomic E-state index is -0.460. The molecule has 3 rings (SSSR count). The third-order valence-corrected chi connectivity index (χ3v) is 5.01. The number of hydrogen-bond acceptors (Lipinski definition) is 3. The molecular formula is C19H20BrFN2O2. The van der Waals surface area contributed by atoms with Crippen molar-refractivity contribution in [3.63, 3.8) is 0 Å². The standard InChI is InChI=1S/C19H20BrFN2O2/c1-25-18-7-6-14(12-16(18)20)13-22-8-10-23(11-9-22)19(24)15-4-2-3-5-17(15)21/h2-7,12H,8-11,13H2,1H3. The lowest BCUT2D eigenvalue weighted by molar-refractivity contribution is 0.0624. The number of methoxy groups -OCH3 is 1. The topological polar surface area (TPSA) is 32.8 Å². The monoisotopic (exact) mass is 406 g/mol. The number of hydrogen-bond donors (Lipinski definition) is 0. The second kappa shape index (κ2) is 7.97. The Hall–Kier alpha value is -1.92. The highest BCUT2D eigenvalue weighted by Crippen LogP contribution is 2.26. The fraction of sp³-hybridized carbons (Fsp3) is 0.316. The van der Waals surface area contributed by atoms with Crippen LogP contribution in [0.1, 0.15) is 15.9 Å². The van der Waals surface area contributed by atoms with Crippen molar-refractivity contribution in [3.05, 3.63) is 63.9 Å². The maximum Gasteiger partial charge on any atom is 0.256 e. The normalized spacial score (nSPS) is 15.2. The summed E-state index contributed by atoms with van der Waals surface area (Å²) in [5.41, 5.74) is 1.33. The van der Waals surface area contributed by atoms with Gasteiger partial charge in [-0.25, -0.2) is 4.39 Å². The first-order valence-electron chi connectivity index (χ1n) is 8.17. The van der Waals surface area contributed by atoms with E-state index in [9.17, 15) is 9.18 Å². The Morgan fingerprint density at radius 1 is 1.16 bits per heavy atom. The highest BCUT2D eigenvalue weighted by molar-refractivity contribution is 9.10. The molecule has 0 N–H and O–H groups in total. The summed E-state index contributed by atoms with van der Waals surface area (Å²) in [4.78, 5) is 16.5. The summed E-state index contributed by atoms with van der Waals surface area (Å²) in [7, 11) is 1.64. The average Bonchev–Trinajstić information content (AvgIpc) is 2.62. The lowest BCUT2D eigenvalue weighted by Crippen LogP contribution is -2.48. The van der Waals surface area contributed by atoms with Gasteiger partial charge in [0.05, 0.1) is 17.1 Å². The highest BCUT2D eigenvalue weighted by Gasteiger charge is 2.23. The van der Waals surface area contributed by atoms with E-state index in [-0.39, 0.29) is 11.5 Å². The SMILES string of the molecule is COc1ccc(CN2CCN(C(=O)c3ccccc3F)CC2)cc1Br. The molecule has 0 unspecified atom stereocenters. The van der Waals surface area contributed by atoms with Gasteiger partial charge in [-0.05, 0) is 45.8 Å². The quantitative estimate of drug-likeness (QED) is 0.777. The number of amides is 1. The first-order chi connectivity index (χ1) is 12.1. The van der Waals surface area contributed by atoms with Gasteiger partial charge in [-0.15, -0.1) is 0 Å². The molecule has 0 radical (unpaired) electrons. The van der Waals surface area contributed by atoms with Crippen LogP contribution in [0.25, 0.3) is 0 Å². The Kier molecular flexibility index (Phi) is 5.71. The number of piperazine rings is 1. The molecule has 1 heterocycles. The van der Waals surface area contributed by atoms with E-state index in [1.807, 2.05) is 12.1 Å². The van der Waals surface area contributed by atoms with Crippen LogP contribution >= 0.6 is 15.9 Å². The van der Waals surface area contributed by atoms with Crippen molar-refractivity contribution < 1.29 is 13.9 Å². The van der Waals surface area contributed by atoms with Gasteiger partial charge in [0.15, 0.2) is 0 Å². The summed E-state index contributed by atoms with van der Waals surface area (Å²) >= 11 is 3.50. The van der Waals surface area contributed by atoms with Crippen LogP contribution in [0.2, 0.25) is 0 Å². The molecule has 0 aliphatic carbocycles. The van der Waals surface area contributed by atoms with Crippen molar-refractivity contribution >= 4 is 21.8 Å². The van der Waals surface area contributed by atoms with Gasteiger partial charge >= 0.3 is 0 Å². The number of rotatable bonds is 4. The van der Waals surface area contributed by atoms with Gasteiger partial charge in [0, 0.05) is 32.7 Å². The Bertz CT molecular complexity index is 761. The molecule has 2 aromatic carbocycles. The molecular weight excluding hydrogens is 387 g/mol. The van der Waals surface area contributed by atoms with Gasteiger partial charge in [0.1, 0.15) is 11.6 Å². The molecule has 2 aromatic rings. The first-order valence-corrected chi connectivity index (χ1v) is 8.96. The molecule has 6 heteroatoms. The van der Waals surface area contributed by atoms with Crippen LogP contribution in [0.5, 0.6) is 5.75 Å². The summed E-state index contributed by atoms with van der Waals surface area (Å²) in [5, 5.41) is 0. The van der Waals surface area contributed by atoms with Gasteiger partial charge in [-0.1, -0.05) is 18.2 Å². The van der Waals surface area contributed by atoms with Crippen LogP contribution in [0.15, 0.2) is 46.9 Å².